The summed E-state index contributed by atoms with van der Waals surface area (Å²) in [5, 5.41) is 14.2. The van der Waals surface area contributed by atoms with E-state index in [2.05, 4.69) is 23.5 Å². The van der Waals surface area contributed by atoms with Crippen LogP contribution in [0.3, 0.4) is 0 Å². The van der Waals surface area contributed by atoms with Crippen molar-refractivity contribution >= 4 is 27.3 Å². The van der Waals surface area contributed by atoms with Gasteiger partial charge in [-0.15, -0.1) is 0 Å². The van der Waals surface area contributed by atoms with E-state index in [4.69, 9.17) is 4.74 Å². The number of non-ortho nitro benzene ring substituents is 1. The first-order valence-corrected chi connectivity index (χ1v) is 13.2. The average Bonchev–Trinajstić information content (AvgIpc) is 2.80. The van der Waals surface area contributed by atoms with Crippen molar-refractivity contribution in [1.82, 2.24) is 5.32 Å². The van der Waals surface area contributed by atoms with Gasteiger partial charge in [-0.05, 0) is 61.8 Å². The summed E-state index contributed by atoms with van der Waals surface area (Å²) in [7, 11) is -2.41. The third-order valence-corrected chi connectivity index (χ3v) is 7.24. The molecular weight excluding hydrogens is 458 g/mol. The highest BCUT2D eigenvalue weighted by Crippen LogP contribution is 2.34. The van der Waals surface area contributed by atoms with Gasteiger partial charge in [-0.1, -0.05) is 18.2 Å². The maximum Gasteiger partial charge on any atom is 0.271 e. The lowest BCUT2D eigenvalue weighted by molar-refractivity contribution is -0.384. The van der Waals surface area contributed by atoms with Crippen molar-refractivity contribution in [3.05, 3.63) is 63.2 Å². The number of ether oxygens (including phenoxy) is 1. The lowest BCUT2D eigenvalue weighted by atomic mass is 9.89. The van der Waals surface area contributed by atoms with E-state index in [1.807, 2.05) is 6.92 Å². The third kappa shape index (κ3) is 6.25. The van der Waals surface area contributed by atoms with Gasteiger partial charge in [0.1, 0.15) is 11.4 Å². The number of fused-ring (bicyclic) bond motifs is 1. The van der Waals surface area contributed by atoms with E-state index in [-0.39, 0.29) is 48.5 Å². The minimum atomic E-state index is -3.77. The van der Waals surface area contributed by atoms with Gasteiger partial charge in [-0.2, -0.15) is 0 Å². The normalized spacial score (nSPS) is 14.1. The van der Waals surface area contributed by atoms with Crippen LogP contribution in [0.2, 0.25) is 0 Å². The Kier molecular flexibility index (Phi) is 8.14. The number of hydrogen-bond acceptors (Lipinski definition) is 6. The fraction of sp³-hybridized carbons (Fsp3) is 0.458. The molecule has 0 radical (unpaired) electrons. The largest absolute Gasteiger partial charge is 0.495 e. The minimum Gasteiger partial charge on any atom is -0.495 e. The molecule has 2 aromatic rings. The number of rotatable bonds is 10. The SMILES string of the molecule is COc1ccc([N+](=O)[O-])cc1N(CCCC(=O)NC(C)c1ccc2c(c1)CCCC2)S(C)(=O)=O. The number of nitrogens with one attached hydrogen (secondary N) is 1. The zero-order chi connectivity index (χ0) is 24.9. The van der Waals surface area contributed by atoms with Gasteiger partial charge in [0.15, 0.2) is 0 Å². The molecule has 34 heavy (non-hydrogen) atoms. The Hall–Kier alpha value is -3.14. The zero-order valence-corrected chi connectivity index (χ0v) is 20.6. The average molecular weight is 490 g/mol. The second-order valence-electron chi connectivity index (χ2n) is 8.58. The summed E-state index contributed by atoms with van der Waals surface area (Å²) >= 11 is 0. The number of hydrogen-bond donors (Lipinski definition) is 1. The van der Waals surface area contributed by atoms with E-state index in [0.29, 0.717) is 0 Å². The van der Waals surface area contributed by atoms with Gasteiger partial charge in [0.25, 0.3) is 5.69 Å². The van der Waals surface area contributed by atoms with Crippen molar-refractivity contribution in [2.75, 3.05) is 24.2 Å². The van der Waals surface area contributed by atoms with Crippen molar-refractivity contribution in [2.45, 2.75) is 51.5 Å². The third-order valence-electron chi connectivity index (χ3n) is 6.06. The number of nitrogens with zero attached hydrogens (tertiary/aromatic N) is 2. The van der Waals surface area contributed by atoms with Crippen molar-refractivity contribution in [2.24, 2.45) is 0 Å². The molecule has 10 heteroatoms. The summed E-state index contributed by atoms with van der Waals surface area (Å²) in [4.78, 5) is 23.1. The quantitative estimate of drug-likeness (QED) is 0.399. The number of sulfonamides is 1. The highest BCUT2D eigenvalue weighted by Gasteiger charge is 2.24. The molecule has 0 aliphatic heterocycles. The lowest BCUT2D eigenvalue weighted by Crippen LogP contribution is -2.33. The molecule has 0 spiro atoms. The van der Waals surface area contributed by atoms with E-state index in [1.165, 1.54) is 43.2 Å². The molecule has 1 atom stereocenters. The molecule has 0 saturated heterocycles. The first-order chi connectivity index (χ1) is 16.1. The second-order valence-corrected chi connectivity index (χ2v) is 10.5. The molecule has 1 N–H and O–H groups in total. The molecule has 0 bridgehead atoms. The first kappa shape index (κ1) is 25.5. The van der Waals surface area contributed by atoms with Crippen LogP contribution in [0.5, 0.6) is 5.75 Å². The van der Waals surface area contributed by atoms with Crippen LogP contribution in [0.25, 0.3) is 0 Å². The van der Waals surface area contributed by atoms with E-state index in [1.54, 1.807) is 0 Å². The van der Waals surface area contributed by atoms with Gasteiger partial charge in [-0.25, -0.2) is 8.42 Å². The molecule has 2 aromatic carbocycles. The first-order valence-electron chi connectivity index (χ1n) is 11.3. The Bertz CT molecular complexity index is 1170. The molecule has 1 amide bonds. The molecule has 1 aliphatic rings. The van der Waals surface area contributed by atoms with Gasteiger partial charge in [-0.3, -0.25) is 19.2 Å². The fourth-order valence-electron chi connectivity index (χ4n) is 4.25. The predicted octanol–water partition coefficient (Wildman–Crippen LogP) is 3.91. The predicted molar refractivity (Wildman–Crippen MR) is 131 cm³/mol. The fourth-order valence-corrected chi connectivity index (χ4v) is 5.22. The molecule has 3 rings (SSSR count). The highest BCUT2D eigenvalue weighted by molar-refractivity contribution is 7.92. The van der Waals surface area contributed by atoms with Crippen molar-refractivity contribution in [1.29, 1.82) is 0 Å². The van der Waals surface area contributed by atoms with Crippen LogP contribution in [0.15, 0.2) is 36.4 Å². The van der Waals surface area contributed by atoms with Gasteiger partial charge in [0.2, 0.25) is 15.9 Å². The lowest BCUT2D eigenvalue weighted by Gasteiger charge is -2.24. The van der Waals surface area contributed by atoms with Crippen molar-refractivity contribution in [3.63, 3.8) is 0 Å². The topological polar surface area (TPSA) is 119 Å². The molecule has 1 unspecified atom stereocenters. The van der Waals surface area contributed by atoms with Crippen molar-refractivity contribution in [3.8, 4) is 5.75 Å². The van der Waals surface area contributed by atoms with Crippen molar-refractivity contribution < 1.29 is 22.9 Å². The van der Waals surface area contributed by atoms with E-state index in [9.17, 15) is 23.3 Å². The molecule has 9 nitrogen and oxygen atoms in total. The summed E-state index contributed by atoms with van der Waals surface area (Å²) in [6.45, 7) is 1.91. The molecular formula is C24H31N3O6S. The Labute approximate surface area is 200 Å². The number of carbonyl (C=O) groups is 1. The number of anilines is 1. The van der Waals surface area contributed by atoms with Gasteiger partial charge < -0.3 is 10.1 Å². The second kappa shape index (κ2) is 10.9. The molecule has 0 aromatic heterocycles. The summed E-state index contributed by atoms with van der Waals surface area (Å²) in [6.07, 6.45) is 5.92. The monoisotopic (exact) mass is 489 g/mol. The number of benzene rings is 2. The Morgan fingerprint density at radius 3 is 2.53 bits per heavy atom. The summed E-state index contributed by atoms with van der Waals surface area (Å²) < 4.78 is 31.1. The van der Waals surface area contributed by atoms with Crippen LogP contribution in [-0.4, -0.2) is 39.2 Å². The Morgan fingerprint density at radius 1 is 1.18 bits per heavy atom. The molecule has 0 heterocycles. The molecule has 184 valence electrons. The molecule has 0 fully saturated rings. The molecule has 0 saturated carbocycles. The summed E-state index contributed by atoms with van der Waals surface area (Å²) in [5.74, 6) is 0.00573. The smallest absolute Gasteiger partial charge is 0.271 e. The van der Waals surface area contributed by atoms with Gasteiger partial charge in [0.05, 0.1) is 24.3 Å². The molecule has 1 aliphatic carbocycles. The number of amides is 1. The van der Waals surface area contributed by atoms with E-state index >= 15 is 0 Å². The van der Waals surface area contributed by atoms with Crippen LogP contribution in [0, 0.1) is 10.1 Å². The Morgan fingerprint density at radius 2 is 1.88 bits per heavy atom. The number of aryl methyl sites for hydroxylation is 2. The van der Waals surface area contributed by atoms with E-state index < -0.39 is 14.9 Å². The summed E-state index contributed by atoms with van der Waals surface area (Å²) in [6, 6.07) is 9.97. The number of methoxy groups -OCH3 is 1. The highest BCUT2D eigenvalue weighted by atomic mass is 32.2. The van der Waals surface area contributed by atoms with Crippen LogP contribution in [-0.2, 0) is 27.7 Å². The van der Waals surface area contributed by atoms with Gasteiger partial charge >= 0.3 is 0 Å². The standard InChI is InChI=1S/C24H31N3O6S/c1-17(19-11-10-18-7-4-5-8-20(18)15-19)25-24(28)9-6-14-26(34(3,31)32)22-16-21(27(29)30)12-13-23(22)33-2/h10-13,15-17H,4-9,14H2,1-3H3,(H,25,28). The van der Waals surface area contributed by atoms with E-state index in [0.717, 1.165) is 35.0 Å². The maximum atomic E-state index is 12.6. The summed E-state index contributed by atoms with van der Waals surface area (Å²) in [5.41, 5.74) is 3.60. The number of carbonyl (C=O) groups excluding carboxylic acids is 1. The number of nitro groups is 1. The van der Waals surface area contributed by atoms with Gasteiger partial charge in [0, 0.05) is 25.1 Å². The maximum absolute atomic E-state index is 12.6. The zero-order valence-electron chi connectivity index (χ0n) is 19.7. The van der Waals surface area contributed by atoms with Crippen LogP contribution in [0.4, 0.5) is 11.4 Å². The number of nitro benzene ring substituents is 1. The van der Waals surface area contributed by atoms with Crippen LogP contribution in [0.1, 0.15) is 55.3 Å². The van der Waals surface area contributed by atoms with Crippen LogP contribution < -0.4 is 14.4 Å². The van der Waals surface area contributed by atoms with Crippen LogP contribution >= 0.6 is 0 Å². The minimum absolute atomic E-state index is 0.0169. The Balaban J connectivity index is 1.64.